The van der Waals surface area contributed by atoms with Gasteiger partial charge in [-0.05, 0) is 81.5 Å². The highest BCUT2D eigenvalue weighted by Crippen LogP contribution is 2.30. The zero-order valence-corrected chi connectivity index (χ0v) is 29.3. The molecule has 1 N–H and O–H groups in total. The lowest BCUT2D eigenvalue weighted by Crippen LogP contribution is -2.41. The van der Waals surface area contributed by atoms with Gasteiger partial charge in [-0.25, -0.2) is 0 Å². The van der Waals surface area contributed by atoms with Crippen LogP contribution in [0.5, 0.6) is 0 Å². The number of benzene rings is 1. The number of anilines is 1. The van der Waals surface area contributed by atoms with Gasteiger partial charge in [-0.3, -0.25) is 14.3 Å². The van der Waals surface area contributed by atoms with E-state index in [4.69, 9.17) is 0 Å². The molecule has 0 saturated carbocycles. The van der Waals surface area contributed by atoms with Gasteiger partial charge in [0.25, 0.3) is 5.91 Å². The summed E-state index contributed by atoms with van der Waals surface area (Å²) in [4.78, 5) is 33.0. The summed E-state index contributed by atoms with van der Waals surface area (Å²) >= 11 is 0. The summed E-state index contributed by atoms with van der Waals surface area (Å²) in [5.74, 6) is 1.60. The maximum Gasteiger partial charge on any atom is 0.258 e. The Morgan fingerprint density at radius 2 is 1.84 bits per heavy atom. The average molecular weight is 619 g/mol. The quantitative estimate of drug-likeness (QED) is 0.302. The van der Waals surface area contributed by atoms with Crippen molar-refractivity contribution >= 4 is 17.6 Å². The van der Waals surface area contributed by atoms with Crippen LogP contribution in [0.15, 0.2) is 61.1 Å². The number of rotatable bonds is 10. The molecule has 45 heavy (non-hydrogen) atoms. The summed E-state index contributed by atoms with van der Waals surface area (Å²) in [6.07, 6.45) is 11.0. The SMILES string of the molecule is C=C/C=C1\C(=C)Nc2c(cnn2C)CN1C(=O)c1ccc(CCC(=O)N2CCC(CN(C)CCCC)CC2)c(C)c1.CC.CC. The van der Waals surface area contributed by atoms with Gasteiger partial charge in [0.1, 0.15) is 5.82 Å². The third-order valence-corrected chi connectivity index (χ3v) is 8.36. The molecule has 8 heteroatoms. The second-order valence-corrected chi connectivity index (χ2v) is 11.5. The van der Waals surface area contributed by atoms with E-state index in [1.54, 1.807) is 27.9 Å². The highest BCUT2D eigenvalue weighted by Gasteiger charge is 2.28. The number of carbonyl (C=O) groups is 2. The van der Waals surface area contributed by atoms with Gasteiger partial charge in [0.15, 0.2) is 0 Å². The van der Waals surface area contributed by atoms with Crippen LogP contribution in [-0.2, 0) is 24.8 Å². The van der Waals surface area contributed by atoms with Crippen molar-refractivity contribution in [3.05, 3.63) is 83.4 Å². The lowest BCUT2D eigenvalue weighted by Gasteiger charge is -2.34. The Morgan fingerprint density at radius 1 is 1.16 bits per heavy atom. The fourth-order valence-electron chi connectivity index (χ4n) is 5.86. The first-order chi connectivity index (χ1) is 21.7. The van der Waals surface area contributed by atoms with Crippen LogP contribution in [0, 0.1) is 12.8 Å². The molecule has 2 amide bonds. The second-order valence-electron chi connectivity index (χ2n) is 11.5. The minimum absolute atomic E-state index is 0.119. The number of carbonyl (C=O) groups excluding carboxylic acids is 2. The molecular weight excluding hydrogens is 560 g/mol. The Balaban J connectivity index is 0.00000169. The standard InChI is InChI=1S/C33H46N6O2.2C2H6/c1-7-9-17-36(5)22-26-15-18-38(19-16-26)31(40)14-13-27-11-12-28(20-24(27)3)33(41)39-23-29-21-34-37(6)32(29)35-25(4)30(39)10-8-2;2*1-2/h8,10-12,20-21,26,35H,2,4,7,9,13-19,22-23H2,1,3,5-6H3;2*1-2H3/b30-10+;;. The summed E-state index contributed by atoms with van der Waals surface area (Å²) in [5, 5.41) is 7.63. The van der Waals surface area contributed by atoms with Crippen LogP contribution in [0.2, 0.25) is 0 Å². The van der Waals surface area contributed by atoms with Gasteiger partial charge >= 0.3 is 0 Å². The maximum absolute atomic E-state index is 13.8. The van der Waals surface area contributed by atoms with E-state index in [1.807, 2.05) is 64.8 Å². The van der Waals surface area contributed by atoms with E-state index in [0.29, 0.717) is 42.3 Å². The fourth-order valence-corrected chi connectivity index (χ4v) is 5.86. The molecule has 1 aromatic heterocycles. The molecule has 2 aliphatic heterocycles. The molecule has 2 aromatic rings. The highest BCUT2D eigenvalue weighted by molar-refractivity contribution is 5.96. The summed E-state index contributed by atoms with van der Waals surface area (Å²) in [6.45, 7) is 24.6. The molecule has 3 heterocycles. The molecule has 0 aliphatic carbocycles. The fraction of sp³-hybridized carbons (Fsp3) is 0.541. The van der Waals surface area contributed by atoms with Crippen LogP contribution in [0.1, 0.15) is 93.8 Å². The van der Waals surface area contributed by atoms with Crippen LogP contribution in [0.3, 0.4) is 0 Å². The lowest BCUT2D eigenvalue weighted by atomic mass is 9.95. The number of allylic oxidation sites excluding steroid dienone is 2. The Hall–Kier alpha value is -3.65. The molecule has 0 unspecified atom stereocenters. The predicted octanol–water partition coefficient (Wildman–Crippen LogP) is 7.34. The molecule has 0 spiro atoms. The summed E-state index contributed by atoms with van der Waals surface area (Å²) in [6, 6.07) is 5.79. The topological polar surface area (TPSA) is 73.7 Å². The number of amides is 2. The number of piperidine rings is 1. The third kappa shape index (κ3) is 10.2. The van der Waals surface area contributed by atoms with Gasteiger partial charge in [0.2, 0.25) is 5.91 Å². The molecule has 1 fully saturated rings. The minimum Gasteiger partial charge on any atom is -0.343 e. The number of hydrogen-bond acceptors (Lipinski definition) is 5. The van der Waals surface area contributed by atoms with Crippen molar-refractivity contribution in [3.8, 4) is 0 Å². The van der Waals surface area contributed by atoms with Crippen molar-refractivity contribution in [1.82, 2.24) is 24.5 Å². The molecule has 4 rings (SSSR count). The van der Waals surface area contributed by atoms with Crippen LogP contribution in [0.25, 0.3) is 0 Å². The molecule has 248 valence electrons. The van der Waals surface area contributed by atoms with E-state index in [0.717, 1.165) is 61.5 Å². The van der Waals surface area contributed by atoms with E-state index in [9.17, 15) is 9.59 Å². The largest absolute Gasteiger partial charge is 0.343 e. The highest BCUT2D eigenvalue weighted by atomic mass is 16.2. The van der Waals surface area contributed by atoms with Gasteiger partial charge < -0.3 is 20.0 Å². The lowest BCUT2D eigenvalue weighted by molar-refractivity contribution is -0.132. The van der Waals surface area contributed by atoms with E-state index in [1.165, 1.54) is 12.8 Å². The number of aromatic nitrogens is 2. The van der Waals surface area contributed by atoms with Crippen molar-refractivity contribution in [2.75, 3.05) is 38.5 Å². The predicted molar refractivity (Wildman–Crippen MR) is 188 cm³/mol. The van der Waals surface area contributed by atoms with Crippen molar-refractivity contribution < 1.29 is 9.59 Å². The molecular formula is C37H58N6O2. The van der Waals surface area contributed by atoms with Crippen LogP contribution in [0.4, 0.5) is 5.82 Å². The summed E-state index contributed by atoms with van der Waals surface area (Å²) in [5.41, 5.74) is 4.90. The molecule has 8 nitrogen and oxygen atoms in total. The third-order valence-electron chi connectivity index (χ3n) is 8.36. The first-order valence-electron chi connectivity index (χ1n) is 16.9. The number of aryl methyl sites for hydroxylation is 3. The number of nitrogens with one attached hydrogen (secondary N) is 1. The second kappa shape index (κ2) is 19.0. The number of hydrogen-bond donors (Lipinski definition) is 1. The smallest absolute Gasteiger partial charge is 0.258 e. The van der Waals surface area contributed by atoms with Crippen molar-refractivity contribution in [2.45, 2.75) is 86.6 Å². The van der Waals surface area contributed by atoms with Crippen LogP contribution < -0.4 is 5.32 Å². The molecule has 1 saturated heterocycles. The monoisotopic (exact) mass is 618 g/mol. The summed E-state index contributed by atoms with van der Waals surface area (Å²) < 4.78 is 1.75. The number of nitrogens with zero attached hydrogens (tertiary/aromatic N) is 5. The van der Waals surface area contributed by atoms with Crippen molar-refractivity contribution in [1.29, 1.82) is 0 Å². The molecule has 2 aliphatic rings. The number of fused-ring (bicyclic) bond motifs is 1. The van der Waals surface area contributed by atoms with Crippen molar-refractivity contribution in [3.63, 3.8) is 0 Å². The van der Waals surface area contributed by atoms with Gasteiger partial charge in [-0.15, -0.1) is 0 Å². The molecule has 0 atom stereocenters. The summed E-state index contributed by atoms with van der Waals surface area (Å²) in [7, 11) is 4.07. The minimum atomic E-state index is -0.119. The van der Waals surface area contributed by atoms with E-state index >= 15 is 0 Å². The maximum atomic E-state index is 13.8. The van der Waals surface area contributed by atoms with E-state index in [2.05, 4.69) is 42.4 Å². The zero-order chi connectivity index (χ0) is 33.5. The van der Waals surface area contributed by atoms with E-state index < -0.39 is 0 Å². The van der Waals surface area contributed by atoms with Crippen LogP contribution >= 0.6 is 0 Å². The normalized spacial score (nSPS) is 15.8. The first kappa shape index (κ1) is 37.5. The average Bonchev–Trinajstić information content (AvgIpc) is 3.33. The molecule has 1 aromatic carbocycles. The van der Waals surface area contributed by atoms with Crippen LogP contribution in [-0.4, -0.2) is 69.5 Å². The van der Waals surface area contributed by atoms with E-state index in [-0.39, 0.29) is 11.8 Å². The molecule has 0 bridgehead atoms. The number of unbranched alkanes of at least 4 members (excludes halogenated alkanes) is 1. The van der Waals surface area contributed by atoms with Crippen molar-refractivity contribution in [2.24, 2.45) is 13.0 Å². The van der Waals surface area contributed by atoms with Gasteiger partial charge in [-0.1, -0.05) is 66.3 Å². The zero-order valence-electron chi connectivity index (χ0n) is 29.3. The first-order valence-corrected chi connectivity index (χ1v) is 16.9. The van der Waals surface area contributed by atoms with Gasteiger partial charge in [0.05, 0.1) is 24.1 Å². The van der Waals surface area contributed by atoms with Gasteiger partial charge in [0, 0.05) is 44.2 Å². The Bertz CT molecular complexity index is 1300. The Kier molecular flexibility index (Phi) is 15.8. The Labute approximate surface area is 272 Å². The van der Waals surface area contributed by atoms with Gasteiger partial charge in [-0.2, -0.15) is 5.10 Å². The number of likely N-dealkylation sites (tertiary alicyclic amines) is 1. The molecule has 0 radical (unpaired) electrons. The Morgan fingerprint density at radius 3 is 2.47 bits per heavy atom.